The molecule has 3 rings (SSSR count). The van der Waals surface area contributed by atoms with Gasteiger partial charge >= 0.3 is 0 Å². The van der Waals surface area contributed by atoms with Gasteiger partial charge in [0.25, 0.3) is 0 Å². The van der Waals surface area contributed by atoms with Crippen molar-refractivity contribution in [3.63, 3.8) is 0 Å². The highest BCUT2D eigenvalue weighted by Gasteiger charge is 2.12. The lowest BCUT2D eigenvalue weighted by Crippen LogP contribution is -2.11. The summed E-state index contributed by atoms with van der Waals surface area (Å²) in [6, 6.07) is 16.1. The lowest BCUT2D eigenvalue weighted by Gasteiger charge is -2.18. The summed E-state index contributed by atoms with van der Waals surface area (Å²) in [6.07, 6.45) is 0. The third-order valence-electron chi connectivity index (χ3n) is 3.69. The summed E-state index contributed by atoms with van der Waals surface area (Å²) < 4.78 is 0. The normalized spacial score (nSPS) is 12.3. The minimum Gasteiger partial charge on any atom is -0.398 e. The highest BCUT2D eigenvalue weighted by molar-refractivity contribution is 5.93. The molecule has 0 spiro atoms. The molecule has 0 fully saturated rings. The van der Waals surface area contributed by atoms with Crippen LogP contribution in [-0.2, 0) is 0 Å². The number of hydrogen-bond donors (Lipinski definition) is 2. The van der Waals surface area contributed by atoms with Crippen LogP contribution < -0.4 is 11.1 Å². The summed E-state index contributed by atoms with van der Waals surface area (Å²) >= 11 is 0. The van der Waals surface area contributed by atoms with E-state index < -0.39 is 0 Å². The van der Waals surface area contributed by atoms with Crippen molar-refractivity contribution < 1.29 is 0 Å². The second-order valence-electron chi connectivity index (χ2n) is 5.17. The number of aromatic nitrogens is 2. The van der Waals surface area contributed by atoms with E-state index in [0.717, 1.165) is 33.5 Å². The van der Waals surface area contributed by atoms with Gasteiger partial charge in [0.1, 0.15) is 0 Å². The van der Waals surface area contributed by atoms with Crippen molar-refractivity contribution in [2.24, 2.45) is 0 Å². The van der Waals surface area contributed by atoms with Gasteiger partial charge in [-0.15, -0.1) is 5.10 Å². The Morgan fingerprint density at radius 1 is 0.952 bits per heavy atom. The molecule has 3 aromatic rings. The Balaban J connectivity index is 1.99. The van der Waals surface area contributed by atoms with Crippen LogP contribution in [0.3, 0.4) is 0 Å². The van der Waals surface area contributed by atoms with Crippen LogP contribution >= 0.6 is 0 Å². The van der Waals surface area contributed by atoms with Gasteiger partial charge in [0, 0.05) is 16.5 Å². The summed E-state index contributed by atoms with van der Waals surface area (Å²) in [5.41, 5.74) is 8.81. The fourth-order valence-corrected chi connectivity index (χ4v) is 2.53. The van der Waals surface area contributed by atoms with Gasteiger partial charge in [0.05, 0.1) is 11.7 Å². The van der Waals surface area contributed by atoms with E-state index in [9.17, 15) is 0 Å². The molecule has 4 nitrogen and oxygen atoms in total. The van der Waals surface area contributed by atoms with Gasteiger partial charge in [-0.2, -0.15) is 5.10 Å². The van der Waals surface area contributed by atoms with Gasteiger partial charge in [0.15, 0.2) is 5.82 Å². The Bertz CT molecular complexity index is 783. The smallest absolute Gasteiger partial charge is 0.157 e. The standard InChI is InChI=1S/C17H18N4/c1-11(14-8-5-6-10-16(14)18)19-17-15-9-4-3-7-13(15)12(2)20-21-17/h3-11H,18H2,1-2H3,(H,19,21). The minimum absolute atomic E-state index is 0.0617. The van der Waals surface area contributed by atoms with Crippen LogP contribution in [0, 0.1) is 6.92 Å². The Hall–Kier alpha value is -2.62. The molecule has 3 N–H and O–H groups in total. The van der Waals surface area contributed by atoms with E-state index in [-0.39, 0.29) is 6.04 Å². The van der Waals surface area contributed by atoms with E-state index in [0.29, 0.717) is 0 Å². The Morgan fingerprint density at radius 3 is 2.38 bits per heavy atom. The monoisotopic (exact) mass is 278 g/mol. The Morgan fingerprint density at radius 2 is 1.62 bits per heavy atom. The molecule has 0 saturated heterocycles. The number of hydrogen-bond acceptors (Lipinski definition) is 4. The molecule has 21 heavy (non-hydrogen) atoms. The summed E-state index contributed by atoms with van der Waals surface area (Å²) in [5, 5.41) is 14.1. The number of nitrogens with zero attached hydrogens (tertiary/aromatic N) is 2. The molecule has 4 heteroatoms. The summed E-state index contributed by atoms with van der Waals surface area (Å²) in [6.45, 7) is 4.04. The first-order valence-corrected chi connectivity index (χ1v) is 7.00. The number of fused-ring (bicyclic) bond motifs is 1. The van der Waals surface area contributed by atoms with Crippen molar-refractivity contribution in [2.45, 2.75) is 19.9 Å². The first-order valence-electron chi connectivity index (χ1n) is 7.00. The molecule has 1 unspecified atom stereocenters. The summed E-state index contributed by atoms with van der Waals surface area (Å²) in [4.78, 5) is 0. The molecule has 0 aliphatic rings. The van der Waals surface area contributed by atoms with E-state index in [1.54, 1.807) is 0 Å². The molecule has 1 atom stereocenters. The van der Waals surface area contributed by atoms with E-state index >= 15 is 0 Å². The summed E-state index contributed by atoms with van der Waals surface area (Å²) in [7, 11) is 0. The van der Waals surface area contributed by atoms with Crippen molar-refractivity contribution in [1.29, 1.82) is 0 Å². The van der Waals surface area contributed by atoms with E-state index in [1.165, 1.54) is 0 Å². The maximum Gasteiger partial charge on any atom is 0.157 e. The van der Waals surface area contributed by atoms with Gasteiger partial charge in [0.2, 0.25) is 0 Å². The van der Waals surface area contributed by atoms with E-state index in [4.69, 9.17) is 5.73 Å². The molecule has 0 radical (unpaired) electrons. The first-order chi connectivity index (χ1) is 10.2. The van der Waals surface area contributed by atoms with Crippen molar-refractivity contribution in [3.05, 3.63) is 59.8 Å². The van der Waals surface area contributed by atoms with E-state index in [1.807, 2.05) is 43.3 Å². The van der Waals surface area contributed by atoms with Gasteiger partial charge in [-0.3, -0.25) is 0 Å². The van der Waals surface area contributed by atoms with Gasteiger partial charge in [-0.1, -0.05) is 42.5 Å². The van der Waals surface area contributed by atoms with Crippen LogP contribution in [0.5, 0.6) is 0 Å². The van der Waals surface area contributed by atoms with Crippen molar-refractivity contribution in [1.82, 2.24) is 10.2 Å². The lowest BCUT2D eigenvalue weighted by atomic mass is 10.1. The zero-order valence-electron chi connectivity index (χ0n) is 12.2. The van der Waals surface area contributed by atoms with Crippen LogP contribution in [0.4, 0.5) is 11.5 Å². The molecule has 0 amide bonds. The quantitative estimate of drug-likeness (QED) is 0.717. The predicted molar refractivity (Wildman–Crippen MR) is 87.2 cm³/mol. The van der Waals surface area contributed by atoms with Crippen LogP contribution in [0.2, 0.25) is 0 Å². The number of anilines is 2. The number of nitrogens with two attached hydrogens (primary N) is 1. The van der Waals surface area contributed by atoms with Crippen LogP contribution in [0.15, 0.2) is 48.5 Å². The summed E-state index contributed by atoms with van der Waals surface area (Å²) in [5.74, 6) is 0.784. The molecule has 2 aromatic carbocycles. The second kappa shape index (κ2) is 5.40. The Labute approximate surface area is 124 Å². The number of nitrogens with one attached hydrogen (secondary N) is 1. The maximum atomic E-state index is 6.04. The molecule has 1 aromatic heterocycles. The fraction of sp³-hybridized carbons (Fsp3) is 0.176. The van der Waals surface area contributed by atoms with Gasteiger partial charge in [-0.25, -0.2) is 0 Å². The lowest BCUT2D eigenvalue weighted by molar-refractivity contribution is 0.864. The number of aryl methyl sites for hydroxylation is 1. The van der Waals surface area contributed by atoms with Gasteiger partial charge < -0.3 is 11.1 Å². The highest BCUT2D eigenvalue weighted by atomic mass is 15.2. The SMILES string of the molecule is Cc1nnc(NC(C)c2ccccc2N)c2ccccc12. The molecule has 106 valence electrons. The zero-order valence-corrected chi connectivity index (χ0v) is 12.2. The number of nitrogen functional groups attached to an aromatic ring is 1. The maximum absolute atomic E-state index is 6.04. The van der Waals surface area contributed by atoms with Crippen LogP contribution in [0.25, 0.3) is 10.8 Å². The molecule has 0 bridgehead atoms. The average molecular weight is 278 g/mol. The topological polar surface area (TPSA) is 63.8 Å². The molecule has 0 aliphatic carbocycles. The average Bonchev–Trinajstić information content (AvgIpc) is 2.51. The minimum atomic E-state index is 0.0617. The predicted octanol–water partition coefficient (Wildman–Crippen LogP) is 3.69. The van der Waals surface area contributed by atoms with Crippen molar-refractivity contribution in [2.75, 3.05) is 11.1 Å². The molecule has 0 aliphatic heterocycles. The van der Waals surface area contributed by atoms with Crippen molar-refractivity contribution in [3.8, 4) is 0 Å². The van der Waals surface area contributed by atoms with Crippen LogP contribution in [0.1, 0.15) is 24.2 Å². The number of benzene rings is 2. The third-order valence-corrected chi connectivity index (χ3v) is 3.69. The molecule has 0 saturated carbocycles. The number of rotatable bonds is 3. The molecule has 1 heterocycles. The molecular weight excluding hydrogens is 260 g/mol. The van der Waals surface area contributed by atoms with Crippen LogP contribution in [-0.4, -0.2) is 10.2 Å². The number of para-hydroxylation sites is 1. The largest absolute Gasteiger partial charge is 0.398 e. The highest BCUT2D eigenvalue weighted by Crippen LogP contribution is 2.27. The third kappa shape index (κ3) is 2.52. The van der Waals surface area contributed by atoms with Gasteiger partial charge in [-0.05, 0) is 25.5 Å². The fourth-order valence-electron chi connectivity index (χ4n) is 2.53. The van der Waals surface area contributed by atoms with E-state index in [2.05, 4.69) is 34.6 Å². The first kappa shape index (κ1) is 13.4. The van der Waals surface area contributed by atoms with Crippen molar-refractivity contribution >= 4 is 22.3 Å². The Kier molecular flexibility index (Phi) is 3.44. The molecular formula is C17H18N4. The zero-order chi connectivity index (χ0) is 14.8. The second-order valence-corrected chi connectivity index (χ2v) is 5.17.